The molecule has 8 nitrogen and oxygen atoms in total. The minimum absolute atomic E-state index is 0.0218. The number of nitrogens with one attached hydrogen (secondary N) is 2. The maximum atomic E-state index is 12.0. The maximum absolute atomic E-state index is 12.0. The van der Waals surface area contributed by atoms with Gasteiger partial charge in [-0.2, -0.15) is 0 Å². The predicted octanol–water partition coefficient (Wildman–Crippen LogP) is 0.447. The zero-order chi connectivity index (χ0) is 15.2. The van der Waals surface area contributed by atoms with Gasteiger partial charge in [0, 0.05) is 38.3 Å². The van der Waals surface area contributed by atoms with Gasteiger partial charge in [-0.25, -0.2) is 0 Å². The number of carbonyl (C=O) groups is 1. The van der Waals surface area contributed by atoms with Crippen molar-refractivity contribution in [3.63, 3.8) is 0 Å². The molecular weight excluding hydrogens is 276 g/mol. The van der Waals surface area contributed by atoms with Crippen molar-refractivity contribution in [2.75, 3.05) is 45.2 Å². The largest absolute Gasteiger partial charge is 0.497 e. The summed E-state index contributed by atoms with van der Waals surface area (Å²) in [5, 5.41) is 17.0. The van der Waals surface area contributed by atoms with Crippen LogP contribution in [-0.2, 0) is 4.79 Å². The number of nitrogens with zero attached hydrogens (tertiary/aromatic N) is 2. The van der Waals surface area contributed by atoms with Crippen LogP contribution in [-0.4, -0.2) is 55.6 Å². The summed E-state index contributed by atoms with van der Waals surface area (Å²) in [5.74, 6) is 0.423. The highest BCUT2D eigenvalue weighted by molar-refractivity contribution is 5.82. The van der Waals surface area contributed by atoms with Crippen LogP contribution in [0.1, 0.15) is 0 Å². The Morgan fingerprint density at radius 3 is 2.81 bits per heavy atom. The quantitative estimate of drug-likeness (QED) is 0.604. The molecule has 0 radical (unpaired) electrons. The molecule has 0 saturated carbocycles. The third-order valence-corrected chi connectivity index (χ3v) is 3.30. The molecule has 1 aliphatic heterocycles. The number of methoxy groups -OCH3 is 1. The summed E-state index contributed by atoms with van der Waals surface area (Å²) in [4.78, 5) is 24.3. The number of nitro benzene ring substituents is 1. The number of hydrogen-bond acceptors (Lipinski definition) is 6. The summed E-state index contributed by atoms with van der Waals surface area (Å²) in [6, 6.07) is 4.39. The van der Waals surface area contributed by atoms with E-state index < -0.39 is 4.92 Å². The Hall–Kier alpha value is -2.35. The molecule has 0 atom stereocenters. The maximum Gasteiger partial charge on any atom is 0.292 e. The number of hydrogen-bond donors (Lipinski definition) is 2. The standard InChI is InChI=1S/C13H18N4O4/c1-21-10-2-3-12(17(19)20)11(8-10)15-9-13(18)16-6-4-14-5-7-16/h2-3,8,14-15H,4-7,9H2,1H3. The van der Waals surface area contributed by atoms with Gasteiger partial charge in [0.05, 0.1) is 18.6 Å². The van der Waals surface area contributed by atoms with Crippen LogP contribution in [0.3, 0.4) is 0 Å². The fourth-order valence-corrected chi connectivity index (χ4v) is 2.14. The molecule has 21 heavy (non-hydrogen) atoms. The van der Waals surface area contributed by atoms with Gasteiger partial charge >= 0.3 is 0 Å². The van der Waals surface area contributed by atoms with Gasteiger partial charge in [0.1, 0.15) is 11.4 Å². The molecule has 114 valence electrons. The van der Waals surface area contributed by atoms with Crippen molar-refractivity contribution in [3.05, 3.63) is 28.3 Å². The lowest BCUT2D eigenvalue weighted by Gasteiger charge is -2.27. The number of piperazine rings is 1. The first-order valence-corrected chi connectivity index (χ1v) is 6.66. The van der Waals surface area contributed by atoms with Gasteiger partial charge < -0.3 is 20.3 Å². The zero-order valence-electron chi connectivity index (χ0n) is 11.8. The van der Waals surface area contributed by atoms with Gasteiger partial charge in [-0.3, -0.25) is 14.9 Å². The molecule has 0 unspecified atom stereocenters. The van der Waals surface area contributed by atoms with Crippen molar-refractivity contribution >= 4 is 17.3 Å². The first-order chi connectivity index (χ1) is 10.1. The lowest BCUT2D eigenvalue weighted by molar-refractivity contribution is -0.384. The molecule has 0 aliphatic carbocycles. The molecule has 1 amide bonds. The normalized spacial score (nSPS) is 14.6. The number of benzene rings is 1. The van der Waals surface area contributed by atoms with Gasteiger partial charge in [-0.15, -0.1) is 0 Å². The van der Waals surface area contributed by atoms with Crippen LogP contribution >= 0.6 is 0 Å². The summed E-state index contributed by atoms with van der Waals surface area (Å²) in [5.41, 5.74) is 0.201. The highest BCUT2D eigenvalue weighted by Gasteiger charge is 2.19. The zero-order valence-corrected chi connectivity index (χ0v) is 11.8. The third kappa shape index (κ3) is 3.82. The number of anilines is 1. The molecular formula is C13H18N4O4. The Morgan fingerprint density at radius 2 is 2.19 bits per heavy atom. The monoisotopic (exact) mass is 294 g/mol. The Balaban J connectivity index is 2.04. The molecule has 1 aliphatic rings. The second-order valence-electron chi connectivity index (χ2n) is 4.62. The van der Waals surface area contributed by atoms with Gasteiger partial charge in [-0.1, -0.05) is 0 Å². The average molecular weight is 294 g/mol. The SMILES string of the molecule is COc1ccc([N+](=O)[O-])c(NCC(=O)N2CCNCC2)c1. The molecule has 2 N–H and O–H groups in total. The van der Waals surface area contributed by atoms with E-state index in [4.69, 9.17) is 4.74 Å². The Bertz CT molecular complexity index is 529. The van der Waals surface area contributed by atoms with Crippen LogP contribution in [0.15, 0.2) is 18.2 Å². The van der Waals surface area contributed by atoms with Crippen LogP contribution < -0.4 is 15.4 Å². The molecule has 1 aromatic rings. The highest BCUT2D eigenvalue weighted by atomic mass is 16.6. The average Bonchev–Trinajstić information content (AvgIpc) is 2.52. The molecule has 1 aromatic carbocycles. The van der Waals surface area contributed by atoms with E-state index in [1.165, 1.54) is 25.3 Å². The fraction of sp³-hybridized carbons (Fsp3) is 0.462. The van der Waals surface area contributed by atoms with E-state index >= 15 is 0 Å². The molecule has 0 spiro atoms. The van der Waals surface area contributed by atoms with Crippen molar-refractivity contribution < 1.29 is 14.5 Å². The summed E-state index contributed by atoms with van der Waals surface area (Å²) >= 11 is 0. The van der Waals surface area contributed by atoms with E-state index in [0.717, 1.165) is 13.1 Å². The van der Waals surface area contributed by atoms with Crippen molar-refractivity contribution in [1.82, 2.24) is 10.2 Å². The lowest BCUT2D eigenvalue weighted by Crippen LogP contribution is -2.48. The van der Waals surface area contributed by atoms with Gasteiger partial charge in [0.15, 0.2) is 0 Å². The summed E-state index contributed by atoms with van der Waals surface area (Å²) < 4.78 is 5.05. The lowest BCUT2D eigenvalue weighted by atomic mass is 10.2. The number of ether oxygens (including phenoxy) is 1. The van der Waals surface area contributed by atoms with Crippen molar-refractivity contribution in [3.8, 4) is 5.75 Å². The topological polar surface area (TPSA) is 96.7 Å². The van der Waals surface area contributed by atoms with E-state index in [1.807, 2.05) is 0 Å². The van der Waals surface area contributed by atoms with Crippen molar-refractivity contribution in [2.24, 2.45) is 0 Å². The molecule has 0 aromatic heterocycles. The van der Waals surface area contributed by atoms with E-state index in [-0.39, 0.29) is 23.8 Å². The molecule has 1 saturated heterocycles. The van der Waals surface area contributed by atoms with Gasteiger partial charge in [-0.05, 0) is 6.07 Å². The Kier molecular flexibility index (Phi) is 4.94. The Labute approximate surface area is 122 Å². The van der Waals surface area contributed by atoms with Crippen LogP contribution in [0.25, 0.3) is 0 Å². The van der Waals surface area contributed by atoms with E-state index in [1.54, 1.807) is 4.90 Å². The summed E-state index contributed by atoms with van der Waals surface area (Å²) in [7, 11) is 1.48. The second kappa shape index (κ2) is 6.89. The van der Waals surface area contributed by atoms with Gasteiger partial charge in [0.25, 0.3) is 5.69 Å². The fourth-order valence-electron chi connectivity index (χ4n) is 2.14. The van der Waals surface area contributed by atoms with Crippen molar-refractivity contribution in [2.45, 2.75) is 0 Å². The van der Waals surface area contributed by atoms with Crippen LogP contribution in [0.5, 0.6) is 5.75 Å². The third-order valence-electron chi connectivity index (χ3n) is 3.30. The highest BCUT2D eigenvalue weighted by Crippen LogP contribution is 2.28. The molecule has 0 bridgehead atoms. The molecule has 1 fully saturated rings. The summed E-state index contributed by atoms with van der Waals surface area (Å²) in [6.07, 6.45) is 0. The van der Waals surface area contributed by atoms with Crippen LogP contribution in [0, 0.1) is 10.1 Å². The van der Waals surface area contributed by atoms with Gasteiger partial charge in [0.2, 0.25) is 5.91 Å². The minimum Gasteiger partial charge on any atom is -0.497 e. The molecule has 2 rings (SSSR count). The number of nitro groups is 1. The van der Waals surface area contributed by atoms with Crippen LogP contribution in [0.2, 0.25) is 0 Å². The smallest absolute Gasteiger partial charge is 0.292 e. The first kappa shape index (κ1) is 15.0. The van der Waals surface area contributed by atoms with Crippen LogP contribution in [0.4, 0.5) is 11.4 Å². The second-order valence-corrected chi connectivity index (χ2v) is 4.62. The minimum atomic E-state index is -0.489. The molecule has 8 heteroatoms. The Morgan fingerprint density at radius 1 is 1.48 bits per heavy atom. The first-order valence-electron chi connectivity index (χ1n) is 6.66. The van der Waals surface area contributed by atoms with E-state index in [9.17, 15) is 14.9 Å². The number of rotatable bonds is 5. The summed E-state index contributed by atoms with van der Waals surface area (Å²) in [6.45, 7) is 2.87. The number of carbonyl (C=O) groups excluding carboxylic acids is 1. The molecule has 1 heterocycles. The predicted molar refractivity (Wildman–Crippen MR) is 77.6 cm³/mol. The van der Waals surface area contributed by atoms with E-state index in [0.29, 0.717) is 18.8 Å². The van der Waals surface area contributed by atoms with E-state index in [2.05, 4.69) is 10.6 Å². The van der Waals surface area contributed by atoms with Crippen molar-refractivity contribution in [1.29, 1.82) is 0 Å². The number of amides is 1.